The molecule has 0 atom stereocenters. The van der Waals surface area contributed by atoms with Crippen LogP contribution in [0.15, 0.2) is 16.9 Å². The highest BCUT2D eigenvalue weighted by Crippen LogP contribution is 2.42. The van der Waals surface area contributed by atoms with Gasteiger partial charge >= 0.3 is 0 Å². The van der Waals surface area contributed by atoms with E-state index in [1.54, 1.807) is 0 Å². The molecule has 1 aliphatic heterocycles. The molecular weight excluding hydrogens is 164 g/mol. The summed E-state index contributed by atoms with van der Waals surface area (Å²) >= 11 is 0. The monoisotopic (exact) mass is 182 g/mol. The molecule has 1 aliphatic rings. The van der Waals surface area contributed by atoms with Gasteiger partial charge in [0, 0.05) is 13.2 Å². The summed E-state index contributed by atoms with van der Waals surface area (Å²) in [6.07, 6.45) is 1.91. The van der Waals surface area contributed by atoms with Crippen LogP contribution < -0.4 is 5.32 Å². The van der Waals surface area contributed by atoms with Gasteiger partial charge in [-0.25, -0.2) is 0 Å². The number of rotatable bonds is 4. The van der Waals surface area contributed by atoms with E-state index >= 15 is 0 Å². The highest BCUT2D eigenvalue weighted by molar-refractivity contribution is 5.32. The van der Waals surface area contributed by atoms with E-state index in [4.69, 9.17) is 4.74 Å². The molecule has 1 heterocycles. The standard InChI is InChI=1S/C10H18N2O/c1-8(2)10(6-13-7-10)9(12-4)5-11-3/h5,8,11H,4,6-7H2,1-3H3/b9-5-. The zero-order valence-electron chi connectivity index (χ0n) is 8.63. The van der Waals surface area contributed by atoms with Gasteiger partial charge in [0.1, 0.15) is 0 Å². The van der Waals surface area contributed by atoms with Gasteiger partial charge in [0.05, 0.1) is 24.3 Å². The molecule has 0 saturated carbocycles. The predicted molar refractivity (Wildman–Crippen MR) is 54.8 cm³/mol. The number of nitrogens with one attached hydrogen (secondary N) is 1. The van der Waals surface area contributed by atoms with Crippen LogP contribution in [0, 0.1) is 11.3 Å². The van der Waals surface area contributed by atoms with Crippen molar-refractivity contribution in [3.63, 3.8) is 0 Å². The fourth-order valence-electron chi connectivity index (χ4n) is 1.58. The van der Waals surface area contributed by atoms with Gasteiger partial charge in [0.25, 0.3) is 0 Å². The third-order valence-corrected chi connectivity index (χ3v) is 2.79. The minimum atomic E-state index is 0.0881. The van der Waals surface area contributed by atoms with Gasteiger partial charge in [-0.05, 0) is 12.6 Å². The molecule has 0 bridgehead atoms. The van der Waals surface area contributed by atoms with E-state index in [0.717, 1.165) is 18.9 Å². The van der Waals surface area contributed by atoms with E-state index < -0.39 is 0 Å². The second-order valence-corrected chi connectivity index (χ2v) is 3.78. The van der Waals surface area contributed by atoms with Gasteiger partial charge in [-0.15, -0.1) is 0 Å². The molecule has 0 radical (unpaired) electrons. The van der Waals surface area contributed by atoms with Crippen LogP contribution in [0.4, 0.5) is 0 Å². The maximum absolute atomic E-state index is 5.27. The molecule has 0 spiro atoms. The Morgan fingerprint density at radius 3 is 2.46 bits per heavy atom. The molecule has 0 aromatic carbocycles. The van der Waals surface area contributed by atoms with Crippen LogP contribution in [-0.4, -0.2) is 27.0 Å². The molecule has 0 amide bonds. The van der Waals surface area contributed by atoms with E-state index in [0.29, 0.717) is 5.92 Å². The Morgan fingerprint density at radius 2 is 2.23 bits per heavy atom. The predicted octanol–water partition coefficient (Wildman–Crippen LogP) is 1.42. The number of ether oxygens (including phenoxy) is 1. The molecular formula is C10H18N2O. The van der Waals surface area contributed by atoms with Crippen LogP contribution in [0.2, 0.25) is 0 Å². The van der Waals surface area contributed by atoms with Crippen LogP contribution in [-0.2, 0) is 4.74 Å². The lowest BCUT2D eigenvalue weighted by Crippen LogP contribution is -2.48. The van der Waals surface area contributed by atoms with Crippen molar-refractivity contribution in [1.29, 1.82) is 0 Å². The average Bonchev–Trinajstić information content (AvgIpc) is 2.00. The normalized spacial score (nSPS) is 21.1. The SMILES string of the molecule is C=N/C(=C\NC)C1(C(C)C)COC1. The summed E-state index contributed by atoms with van der Waals surface area (Å²) in [7, 11) is 1.87. The van der Waals surface area contributed by atoms with Crippen molar-refractivity contribution >= 4 is 6.72 Å². The molecule has 3 heteroatoms. The van der Waals surface area contributed by atoms with Crippen LogP contribution in [0.1, 0.15) is 13.8 Å². The Bertz CT molecular complexity index is 217. The molecule has 0 aromatic heterocycles. The summed E-state index contributed by atoms with van der Waals surface area (Å²) in [5.74, 6) is 0.534. The first kappa shape index (κ1) is 10.3. The van der Waals surface area contributed by atoms with Crippen LogP contribution in [0.3, 0.4) is 0 Å². The summed E-state index contributed by atoms with van der Waals surface area (Å²) in [6, 6.07) is 0. The Morgan fingerprint density at radius 1 is 1.62 bits per heavy atom. The van der Waals surface area contributed by atoms with E-state index in [1.807, 2.05) is 13.2 Å². The third-order valence-electron chi connectivity index (χ3n) is 2.79. The fraction of sp³-hybridized carbons (Fsp3) is 0.700. The van der Waals surface area contributed by atoms with Crippen LogP contribution >= 0.6 is 0 Å². The molecule has 0 aromatic rings. The Kier molecular flexibility index (Phi) is 3.09. The average molecular weight is 182 g/mol. The number of hydrogen-bond acceptors (Lipinski definition) is 3. The lowest BCUT2D eigenvalue weighted by atomic mass is 9.73. The zero-order chi connectivity index (χ0) is 9.90. The van der Waals surface area contributed by atoms with Crippen molar-refractivity contribution in [3.8, 4) is 0 Å². The summed E-state index contributed by atoms with van der Waals surface area (Å²) in [5, 5.41) is 3.00. The number of hydrogen-bond donors (Lipinski definition) is 1. The first-order valence-electron chi connectivity index (χ1n) is 4.60. The second kappa shape index (κ2) is 3.92. The highest BCUT2D eigenvalue weighted by atomic mass is 16.5. The van der Waals surface area contributed by atoms with E-state index in [-0.39, 0.29) is 5.41 Å². The molecule has 1 N–H and O–H groups in total. The summed E-state index contributed by atoms with van der Waals surface area (Å²) in [4.78, 5) is 4.06. The Balaban J connectivity index is 2.86. The minimum absolute atomic E-state index is 0.0881. The zero-order valence-corrected chi connectivity index (χ0v) is 8.63. The number of aliphatic imine (C=N–C) groups is 1. The molecule has 1 rings (SSSR count). The van der Waals surface area contributed by atoms with Crippen LogP contribution in [0.5, 0.6) is 0 Å². The lowest BCUT2D eigenvalue weighted by molar-refractivity contribution is -0.115. The number of nitrogens with zero attached hydrogens (tertiary/aromatic N) is 1. The minimum Gasteiger partial charge on any atom is -0.392 e. The van der Waals surface area contributed by atoms with Gasteiger partial charge in [-0.1, -0.05) is 13.8 Å². The topological polar surface area (TPSA) is 33.6 Å². The first-order chi connectivity index (χ1) is 6.17. The maximum Gasteiger partial charge on any atom is 0.0663 e. The largest absolute Gasteiger partial charge is 0.392 e. The highest BCUT2D eigenvalue weighted by Gasteiger charge is 2.44. The van der Waals surface area contributed by atoms with Crippen molar-refractivity contribution in [3.05, 3.63) is 11.9 Å². The van der Waals surface area contributed by atoms with E-state index in [9.17, 15) is 0 Å². The molecule has 0 aliphatic carbocycles. The first-order valence-corrected chi connectivity index (χ1v) is 4.60. The van der Waals surface area contributed by atoms with Crippen molar-refractivity contribution < 1.29 is 4.74 Å². The second-order valence-electron chi connectivity index (χ2n) is 3.78. The summed E-state index contributed by atoms with van der Waals surface area (Å²) < 4.78 is 5.27. The summed E-state index contributed by atoms with van der Waals surface area (Å²) in [5.41, 5.74) is 1.10. The molecule has 0 unspecified atom stereocenters. The lowest BCUT2D eigenvalue weighted by Gasteiger charge is -2.44. The third kappa shape index (κ3) is 1.61. The smallest absolute Gasteiger partial charge is 0.0663 e. The van der Waals surface area contributed by atoms with Gasteiger partial charge < -0.3 is 10.1 Å². The van der Waals surface area contributed by atoms with Crippen molar-refractivity contribution in [2.45, 2.75) is 13.8 Å². The van der Waals surface area contributed by atoms with Gasteiger partial charge in [-0.3, -0.25) is 4.99 Å². The Labute approximate surface area is 79.9 Å². The Hall–Kier alpha value is -0.830. The maximum atomic E-state index is 5.27. The fourth-order valence-corrected chi connectivity index (χ4v) is 1.58. The quantitative estimate of drug-likeness (QED) is 0.667. The molecule has 1 fully saturated rings. The summed E-state index contributed by atoms with van der Waals surface area (Å²) in [6.45, 7) is 9.50. The van der Waals surface area contributed by atoms with E-state index in [1.165, 1.54) is 0 Å². The van der Waals surface area contributed by atoms with Crippen molar-refractivity contribution in [2.75, 3.05) is 20.3 Å². The molecule has 1 saturated heterocycles. The van der Waals surface area contributed by atoms with Gasteiger partial charge in [0.15, 0.2) is 0 Å². The molecule has 74 valence electrons. The van der Waals surface area contributed by atoms with Crippen molar-refractivity contribution in [1.82, 2.24) is 5.32 Å². The van der Waals surface area contributed by atoms with Crippen LogP contribution in [0.25, 0.3) is 0 Å². The molecule has 13 heavy (non-hydrogen) atoms. The van der Waals surface area contributed by atoms with Gasteiger partial charge in [0.2, 0.25) is 0 Å². The molecule has 3 nitrogen and oxygen atoms in total. The van der Waals surface area contributed by atoms with Gasteiger partial charge in [-0.2, -0.15) is 0 Å². The van der Waals surface area contributed by atoms with E-state index in [2.05, 4.69) is 30.9 Å². The van der Waals surface area contributed by atoms with Crippen molar-refractivity contribution in [2.24, 2.45) is 16.3 Å².